The maximum absolute atomic E-state index is 11.4. The molecule has 4 aliphatic rings. The lowest BCUT2D eigenvalue weighted by molar-refractivity contribution is -0.121. The van der Waals surface area contributed by atoms with Crippen molar-refractivity contribution in [2.75, 3.05) is 0 Å². The first-order chi connectivity index (χ1) is 10.6. The maximum Gasteiger partial charge on any atom is 0.0703 e. The summed E-state index contributed by atoms with van der Waals surface area (Å²) in [5.41, 5.74) is 1.66. The van der Waals surface area contributed by atoms with Gasteiger partial charge in [-0.05, 0) is 93.3 Å². The van der Waals surface area contributed by atoms with Gasteiger partial charge in [-0.2, -0.15) is 0 Å². The van der Waals surface area contributed by atoms with E-state index in [1.807, 2.05) is 5.57 Å². The van der Waals surface area contributed by atoms with Crippen LogP contribution in [0.25, 0.3) is 0 Å². The van der Waals surface area contributed by atoms with Gasteiger partial charge in [0.25, 0.3) is 0 Å². The van der Waals surface area contributed by atoms with E-state index < -0.39 is 0 Å². The lowest BCUT2D eigenvalue weighted by Crippen LogP contribution is -2.52. The van der Waals surface area contributed by atoms with Gasteiger partial charge < -0.3 is 5.11 Å². The zero-order chi connectivity index (χ0) is 15.4. The molecule has 6 atom stereocenters. The Kier molecular flexibility index (Phi) is 3.72. The van der Waals surface area contributed by atoms with Crippen LogP contribution in [0.1, 0.15) is 84.5 Å². The van der Waals surface area contributed by atoms with Crippen LogP contribution >= 0.6 is 0 Å². The van der Waals surface area contributed by atoms with Gasteiger partial charge in [-0.15, -0.1) is 0 Å². The summed E-state index contributed by atoms with van der Waals surface area (Å²) in [6.45, 7) is 4.68. The predicted octanol–water partition coefficient (Wildman–Crippen LogP) is 5.48. The second-order valence-corrected chi connectivity index (χ2v) is 9.07. The summed E-state index contributed by atoms with van der Waals surface area (Å²) in [6.07, 6.45) is 16.7. The van der Waals surface area contributed by atoms with E-state index >= 15 is 0 Å². The van der Waals surface area contributed by atoms with Gasteiger partial charge in [0.2, 0.25) is 0 Å². The fourth-order valence-electron chi connectivity index (χ4n) is 7.24. The Bertz CT molecular complexity index is 467. The minimum absolute atomic E-state index is 0.208. The molecule has 0 amide bonds. The second-order valence-electron chi connectivity index (χ2n) is 9.07. The Morgan fingerprint density at radius 3 is 2.82 bits per heavy atom. The lowest BCUT2D eigenvalue weighted by atomic mass is 9.50. The van der Waals surface area contributed by atoms with E-state index in [1.165, 1.54) is 51.4 Å². The van der Waals surface area contributed by atoms with Gasteiger partial charge in [-0.3, -0.25) is 0 Å². The number of rotatable bonds is 2. The molecule has 0 bridgehead atoms. The largest absolute Gasteiger partial charge is 0.389 e. The molecule has 0 saturated heterocycles. The third-order valence-corrected chi connectivity index (χ3v) is 8.36. The van der Waals surface area contributed by atoms with Gasteiger partial charge in [0.15, 0.2) is 0 Å². The zero-order valence-electron chi connectivity index (χ0n) is 14.6. The van der Waals surface area contributed by atoms with Crippen LogP contribution in [-0.2, 0) is 0 Å². The van der Waals surface area contributed by atoms with Gasteiger partial charge >= 0.3 is 0 Å². The quantitative estimate of drug-likeness (QED) is 0.670. The summed E-state index contributed by atoms with van der Waals surface area (Å²) < 4.78 is 0. The SMILES string of the molecule is CCC[C@]1(O)CC[C@@H]2[C@@H]3CCC4=CCCC[C@@H]4[C@H]3CC[C@]21C. The average Bonchev–Trinajstić information content (AvgIpc) is 2.79. The van der Waals surface area contributed by atoms with Crippen LogP contribution in [0.2, 0.25) is 0 Å². The van der Waals surface area contributed by atoms with Crippen molar-refractivity contribution in [2.24, 2.45) is 29.1 Å². The molecule has 3 fully saturated rings. The molecule has 0 aromatic rings. The van der Waals surface area contributed by atoms with Crippen molar-refractivity contribution in [1.29, 1.82) is 0 Å². The van der Waals surface area contributed by atoms with Gasteiger partial charge in [-0.25, -0.2) is 0 Å². The minimum Gasteiger partial charge on any atom is -0.389 e. The molecule has 0 aliphatic heterocycles. The van der Waals surface area contributed by atoms with Gasteiger partial charge in [0.05, 0.1) is 5.60 Å². The standard InChI is InChI=1S/C21H34O/c1-3-12-21(22)14-11-19-18-9-8-15-6-4-5-7-16(15)17(18)10-13-20(19,21)2/h6,16-19,22H,3-5,7-14H2,1-2H3/t16-,17+,18+,19+,20+,21-/m0/s1. The molecule has 22 heavy (non-hydrogen) atoms. The van der Waals surface area contributed by atoms with Crippen LogP contribution in [0.5, 0.6) is 0 Å². The van der Waals surface area contributed by atoms with E-state index in [9.17, 15) is 5.11 Å². The molecule has 0 heterocycles. The second kappa shape index (κ2) is 5.36. The molecule has 4 aliphatic carbocycles. The summed E-state index contributed by atoms with van der Waals surface area (Å²) in [6, 6.07) is 0. The van der Waals surface area contributed by atoms with Crippen molar-refractivity contribution >= 4 is 0 Å². The molecule has 0 aromatic heterocycles. The lowest BCUT2D eigenvalue weighted by Gasteiger charge is -2.56. The molecule has 1 heteroatoms. The Morgan fingerprint density at radius 1 is 1.14 bits per heavy atom. The minimum atomic E-state index is -0.361. The molecule has 0 aromatic carbocycles. The van der Waals surface area contributed by atoms with Crippen molar-refractivity contribution in [2.45, 2.75) is 90.1 Å². The van der Waals surface area contributed by atoms with Crippen molar-refractivity contribution < 1.29 is 5.11 Å². The van der Waals surface area contributed by atoms with Crippen LogP contribution in [0.4, 0.5) is 0 Å². The van der Waals surface area contributed by atoms with Crippen LogP contribution in [0.15, 0.2) is 11.6 Å². The molecule has 0 unspecified atom stereocenters. The number of allylic oxidation sites excluding steroid dienone is 2. The molecule has 1 nitrogen and oxygen atoms in total. The van der Waals surface area contributed by atoms with E-state index in [0.29, 0.717) is 0 Å². The molecule has 4 rings (SSSR count). The molecular weight excluding hydrogens is 268 g/mol. The highest BCUT2D eigenvalue weighted by molar-refractivity contribution is 5.19. The van der Waals surface area contributed by atoms with E-state index in [1.54, 1.807) is 0 Å². The van der Waals surface area contributed by atoms with Crippen LogP contribution in [0, 0.1) is 29.1 Å². The van der Waals surface area contributed by atoms with E-state index in [-0.39, 0.29) is 11.0 Å². The third kappa shape index (κ3) is 2.00. The zero-order valence-corrected chi connectivity index (χ0v) is 14.6. The Balaban J connectivity index is 1.61. The van der Waals surface area contributed by atoms with Crippen LogP contribution < -0.4 is 0 Å². The fraction of sp³-hybridized carbons (Fsp3) is 0.905. The van der Waals surface area contributed by atoms with E-state index in [2.05, 4.69) is 19.9 Å². The molecule has 0 spiro atoms. The highest BCUT2D eigenvalue weighted by atomic mass is 16.3. The monoisotopic (exact) mass is 302 g/mol. The van der Waals surface area contributed by atoms with Crippen molar-refractivity contribution in [3.05, 3.63) is 11.6 Å². The molecule has 124 valence electrons. The van der Waals surface area contributed by atoms with Gasteiger partial charge in [0, 0.05) is 0 Å². The van der Waals surface area contributed by atoms with Crippen molar-refractivity contribution in [3.63, 3.8) is 0 Å². The number of hydrogen-bond donors (Lipinski definition) is 1. The predicted molar refractivity (Wildman–Crippen MR) is 91.6 cm³/mol. The van der Waals surface area contributed by atoms with Gasteiger partial charge in [-0.1, -0.05) is 31.9 Å². The first-order valence-electron chi connectivity index (χ1n) is 10.0. The summed E-state index contributed by atoms with van der Waals surface area (Å²) in [5, 5.41) is 11.4. The molecule has 0 radical (unpaired) electrons. The van der Waals surface area contributed by atoms with E-state index in [4.69, 9.17) is 0 Å². The highest BCUT2D eigenvalue weighted by Crippen LogP contribution is 2.65. The number of fused-ring (bicyclic) bond motifs is 5. The third-order valence-electron chi connectivity index (χ3n) is 8.36. The van der Waals surface area contributed by atoms with Gasteiger partial charge in [0.1, 0.15) is 0 Å². The normalized spacial score (nSPS) is 50.8. The molecular formula is C21H34O. The average molecular weight is 303 g/mol. The molecule has 1 N–H and O–H groups in total. The first kappa shape index (κ1) is 15.2. The van der Waals surface area contributed by atoms with Crippen LogP contribution in [-0.4, -0.2) is 10.7 Å². The Hall–Kier alpha value is -0.300. The van der Waals surface area contributed by atoms with E-state index in [0.717, 1.165) is 42.9 Å². The summed E-state index contributed by atoms with van der Waals surface area (Å²) in [4.78, 5) is 0. The number of aliphatic hydroxyl groups is 1. The van der Waals surface area contributed by atoms with Crippen molar-refractivity contribution in [3.8, 4) is 0 Å². The van der Waals surface area contributed by atoms with Crippen LogP contribution in [0.3, 0.4) is 0 Å². The maximum atomic E-state index is 11.4. The van der Waals surface area contributed by atoms with Crippen molar-refractivity contribution in [1.82, 2.24) is 0 Å². The molecule has 3 saturated carbocycles. The highest BCUT2D eigenvalue weighted by Gasteiger charge is 2.61. The smallest absolute Gasteiger partial charge is 0.0703 e. The Labute approximate surface area is 136 Å². The topological polar surface area (TPSA) is 20.2 Å². The number of hydrogen-bond acceptors (Lipinski definition) is 1. The summed E-state index contributed by atoms with van der Waals surface area (Å²) in [7, 11) is 0. The first-order valence-corrected chi connectivity index (χ1v) is 10.0. The Morgan fingerprint density at radius 2 is 2.00 bits per heavy atom. The summed E-state index contributed by atoms with van der Waals surface area (Å²) in [5.74, 6) is 3.57. The fourth-order valence-corrected chi connectivity index (χ4v) is 7.24. The summed E-state index contributed by atoms with van der Waals surface area (Å²) >= 11 is 0.